The first-order chi connectivity index (χ1) is 16.6. The Bertz CT molecular complexity index is 1150. The molecule has 2 N–H and O–H groups in total. The molecule has 7 nitrogen and oxygen atoms in total. The number of urea groups is 1. The Balaban J connectivity index is 1.79. The van der Waals surface area contributed by atoms with Crippen LogP contribution in [0.5, 0.6) is 0 Å². The molecule has 3 amide bonds. The van der Waals surface area contributed by atoms with Gasteiger partial charge in [-0.2, -0.15) is 5.10 Å². The average Bonchev–Trinajstić information content (AvgIpc) is 3.22. The van der Waals surface area contributed by atoms with Crippen LogP contribution in [-0.2, 0) is 10.2 Å². The molecule has 3 rings (SSSR count). The van der Waals surface area contributed by atoms with Gasteiger partial charge in [-0.3, -0.25) is 4.79 Å². The number of anilines is 2. The van der Waals surface area contributed by atoms with Gasteiger partial charge in [0.1, 0.15) is 12.4 Å². The minimum Gasteiger partial charge on any atom is -0.315 e. The van der Waals surface area contributed by atoms with E-state index in [1.54, 1.807) is 16.8 Å². The third-order valence-electron chi connectivity index (χ3n) is 5.52. The smallest absolute Gasteiger partial charge is 0.315 e. The number of hydrogen-bond donors (Lipinski definition) is 2. The van der Waals surface area contributed by atoms with Crippen LogP contribution in [0.1, 0.15) is 51.8 Å². The lowest BCUT2D eigenvalue weighted by atomic mass is 9.92. The SMILES string of the molecule is CCCCN(CC(=O)Nc1cc(C(C)(C)C)nn1-c1ccc(Cl)cc1)C(=O)Nc1ccc(C)cc1. The Morgan fingerprint density at radius 3 is 2.29 bits per heavy atom. The van der Waals surface area contributed by atoms with Gasteiger partial charge >= 0.3 is 6.03 Å². The quantitative estimate of drug-likeness (QED) is 0.379. The van der Waals surface area contributed by atoms with E-state index in [9.17, 15) is 9.59 Å². The van der Waals surface area contributed by atoms with Gasteiger partial charge in [-0.25, -0.2) is 9.48 Å². The molecule has 8 heteroatoms. The van der Waals surface area contributed by atoms with Crippen LogP contribution in [0.3, 0.4) is 0 Å². The van der Waals surface area contributed by atoms with Crippen LogP contribution in [0.15, 0.2) is 54.6 Å². The van der Waals surface area contributed by atoms with Gasteiger partial charge in [-0.1, -0.05) is 63.4 Å². The number of nitrogens with one attached hydrogen (secondary N) is 2. The van der Waals surface area contributed by atoms with Gasteiger partial charge in [0.05, 0.1) is 11.4 Å². The summed E-state index contributed by atoms with van der Waals surface area (Å²) in [5, 5.41) is 11.2. The summed E-state index contributed by atoms with van der Waals surface area (Å²) in [6.07, 6.45) is 1.71. The zero-order valence-corrected chi connectivity index (χ0v) is 21.8. The number of carbonyl (C=O) groups excluding carboxylic acids is 2. The zero-order chi connectivity index (χ0) is 25.6. The minimum atomic E-state index is -0.306. The van der Waals surface area contributed by atoms with Gasteiger partial charge in [0.25, 0.3) is 0 Å². The Morgan fingerprint density at radius 2 is 1.69 bits per heavy atom. The average molecular weight is 496 g/mol. The van der Waals surface area contributed by atoms with E-state index in [-0.39, 0.29) is 23.9 Å². The van der Waals surface area contributed by atoms with Crippen molar-refractivity contribution < 1.29 is 9.59 Å². The summed E-state index contributed by atoms with van der Waals surface area (Å²) in [5.74, 6) is 0.243. The van der Waals surface area contributed by atoms with Gasteiger partial charge in [0, 0.05) is 28.7 Å². The molecule has 0 aliphatic heterocycles. The molecule has 0 aliphatic carbocycles. The van der Waals surface area contributed by atoms with Gasteiger partial charge < -0.3 is 15.5 Å². The molecular weight excluding hydrogens is 462 g/mol. The summed E-state index contributed by atoms with van der Waals surface area (Å²) in [5.41, 5.74) is 3.20. The van der Waals surface area contributed by atoms with Crippen LogP contribution in [0.4, 0.5) is 16.3 Å². The van der Waals surface area contributed by atoms with Crippen LogP contribution in [0.2, 0.25) is 5.02 Å². The molecule has 1 aromatic heterocycles. The number of nitrogens with zero attached hydrogens (tertiary/aromatic N) is 3. The molecule has 186 valence electrons. The van der Waals surface area contributed by atoms with Gasteiger partial charge in [-0.15, -0.1) is 0 Å². The molecule has 0 bridgehead atoms. The van der Waals surface area contributed by atoms with Crippen molar-refractivity contribution in [2.24, 2.45) is 0 Å². The number of rotatable bonds is 8. The highest BCUT2D eigenvalue weighted by Gasteiger charge is 2.23. The van der Waals surface area contributed by atoms with Crippen molar-refractivity contribution in [2.75, 3.05) is 23.7 Å². The predicted octanol–water partition coefficient (Wildman–Crippen LogP) is 6.40. The first-order valence-electron chi connectivity index (χ1n) is 11.9. The van der Waals surface area contributed by atoms with Crippen molar-refractivity contribution in [1.29, 1.82) is 0 Å². The maximum atomic E-state index is 13.1. The maximum absolute atomic E-state index is 13.1. The summed E-state index contributed by atoms with van der Waals surface area (Å²) in [4.78, 5) is 27.6. The normalized spacial score (nSPS) is 11.3. The van der Waals surface area contributed by atoms with Crippen LogP contribution in [0, 0.1) is 6.92 Å². The molecule has 0 fully saturated rings. The number of aromatic nitrogens is 2. The molecule has 0 saturated heterocycles. The third-order valence-corrected chi connectivity index (χ3v) is 5.77. The summed E-state index contributed by atoms with van der Waals surface area (Å²) in [6, 6.07) is 16.4. The number of carbonyl (C=O) groups is 2. The third kappa shape index (κ3) is 7.33. The van der Waals surface area contributed by atoms with Crippen molar-refractivity contribution in [3.8, 4) is 5.69 Å². The van der Waals surface area contributed by atoms with E-state index >= 15 is 0 Å². The highest BCUT2D eigenvalue weighted by atomic mass is 35.5. The largest absolute Gasteiger partial charge is 0.322 e. The van der Waals surface area contributed by atoms with E-state index in [1.807, 2.05) is 49.4 Å². The lowest BCUT2D eigenvalue weighted by Gasteiger charge is -2.22. The van der Waals surface area contributed by atoms with E-state index in [0.717, 1.165) is 29.8 Å². The summed E-state index contributed by atoms with van der Waals surface area (Å²) in [6.45, 7) is 10.6. The number of unbranched alkanes of at least 4 members (excludes halogenated alkanes) is 1. The van der Waals surface area contributed by atoms with Crippen LogP contribution >= 0.6 is 11.6 Å². The van der Waals surface area contributed by atoms with Crippen molar-refractivity contribution in [1.82, 2.24) is 14.7 Å². The number of aryl methyl sites for hydroxylation is 1. The molecule has 0 aliphatic rings. The molecule has 3 aromatic rings. The van der Waals surface area contributed by atoms with Crippen molar-refractivity contribution in [3.05, 3.63) is 70.9 Å². The van der Waals surface area contributed by atoms with Gasteiger partial charge in [-0.05, 0) is 49.7 Å². The van der Waals surface area contributed by atoms with E-state index in [2.05, 4.69) is 38.3 Å². The number of amides is 3. The van der Waals surface area contributed by atoms with Gasteiger partial charge in [0.2, 0.25) is 5.91 Å². The lowest BCUT2D eigenvalue weighted by Crippen LogP contribution is -2.41. The number of hydrogen-bond acceptors (Lipinski definition) is 3. The van der Waals surface area contributed by atoms with Crippen LogP contribution < -0.4 is 10.6 Å². The Labute approximate surface area is 212 Å². The first-order valence-corrected chi connectivity index (χ1v) is 12.2. The molecule has 35 heavy (non-hydrogen) atoms. The Hall–Kier alpha value is -3.32. The number of halogens is 1. The standard InChI is InChI=1S/C27H34ClN5O2/c1-6-7-16-32(26(35)29-21-12-8-19(2)9-13-21)18-25(34)30-24-17-23(27(3,4)5)31-33(24)22-14-10-20(28)11-15-22/h8-15,17H,6-7,16,18H2,1-5H3,(H,29,35)(H,30,34). The summed E-state index contributed by atoms with van der Waals surface area (Å²) >= 11 is 6.05. The zero-order valence-electron chi connectivity index (χ0n) is 21.1. The van der Waals surface area contributed by atoms with Crippen LogP contribution in [-0.4, -0.2) is 39.7 Å². The molecule has 2 aromatic carbocycles. The highest BCUT2D eigenvalue weighted by molar-refractivity contribution is 6.30. The summed E-state index contributed by atoms with van der Waals surface area (Å²) in [7, 11) is 0. The fourth-order valence-corrected chi connectivity index (χ4v) is 3.54. The lowest BCUT2D eigenvalue weighted by molar-refractivity contribution is -0.116. The second kappa shape index (κ2) is 11.4. The topological polar surface area (TPSA) is 79.3 Å². The van der Waals surface area contributed by atoms with E-state index < -0.39 is 0 Å². The molecule has 0 saturated carbocycles. The van der Waals surface area contributed by atoms with Crippen LogP contribution in [0.25, 0.3) is 5.69 Å². The van der Waals surface area contributed by atoms with Crippen molar-refractivity contribution in [3.63, 3.8) is 0 Å². The monoisotopic (exact) mass is 495 g/mol. The molecule has 0 spiro atoms. The fourth-order valence-electron chi connectivity index (χ4n) is 3.41. The second-order valence-electron chi connectivity index (χ2n) is 9.67. The first kappa shape index (κ1) is 26.3. The Morgan fingerprint density at radius 1 is 1.03 bits per heavy atom. The van der Waals surface area contributed by atoms with Gasteiger partial charge in [0.15, 0.2) is 0 Å². The maximum Gasteiger partial charge on any atom is 0.322 e. The van der Waals surface area contributed by atoms with E-state index in [1.165, 1.54) is 4.90 Å². The minimum absolute atomic E-state index is 0.0751. The molecule has 0 atom stereocenters. The molecular formula is C27H34ClN5O2. The van der Waals surface area contributed by atoms with E-state index in [4.69, 9.17) is 16.7 Å². The second-order valence-corrected chi connectivity index (χ2v) is 10.1. The summed E-state index contributed by atoms with van der Waals surface area (Å²) < 4.78 is 1.69. The highest BCUT2D eigenvalue weighted by Crippen LogP contribution is 2.27. The molecule has 1 heterocycles. The van der Waals surface area contributed by atoms with E-state index in [0.29, 0.717) is 23.1 Å². The Kier molecular flexibility index (Phi) is 8.57. The van der Waals surface area contributed by atoms with Crippen molar-refractivity contribution >= 4 is 35.0 Å². The van der Waals surface area contributed by atoms with Crippen molar-refractivity contribution in [2.45, 2.75) is 52.9 Å². The molecule has 0 unspecified atom stereocenters. The fraction of sp³-hybridized carbons (Fsp3) is 0.370. The number of benzene rings is 2. The predicted molar refractivity (Wildman–Crippen MR) is 143 cm³/mol. The molecule has 0 radical (unpaired) electrons.